The van der Waals surface area contributed by atoms with Gasteiger partial charge in [-0.2, -0.15) is 0 Å². The van der Waals surface area contributed by atoms with E-state index in [1.807, 2.05) is 25.8 Å². The number of likely N-dealkylation sites (N-methyl/N-ethyl adjacent to an activating group) is 1. The number of hydrogen-bond acceptors (Lipinski definition) is 4. The third-order valence-corrected chi connectivity index (χ3v) is 4.37. The fourth-order valence-electron chi connectivity index (χ4n) is 2.48. The van der Waals surface area contributed by atoms with Crippen LogP contribution < -0.4 is 5.32 Å². The Kier molecular flexibility index (Phi) is 6.50. The molecule has 1 fully saturated rings. The van der Waals surface area contributed by atoms with Crippen LogP contribution in [0.3, 0.4) is 0 Å². The van der Waals surface area contributed by atoms with E-state index in [-0.39, 0.29) is 17.8 Å². The van der Waals surface area contributed by atoms with Crippen molar-refractivity contribution in [2.75, 3.05) is 51.8 Å². The zero-order valence-electron chi connectivity index (χ0n) is 14.1. The molecule has 2 rings (SSSR count). The second-order valence-electron chi connectivity index (χ2n) is 6.06. The van der Waals surface area contributed by atoms with Crippen LogP contribution in [0.25, 0.3) is 0 Å². The molecule has 1 N–H and O–H groups in total. The minimum Gasteiger partial charge on any atom is -0.379 e. The monoisotopic (exact) mass is 323 g/mol. The van der Waals surface area contributed by atoms with Crippen LogP contribution in [0, 0.1) is 12.7 Å². The van der Waals surface area contributed by atoms with Gasteiger partial charge in [-0.05, 0) is 38.6 Å². The third kappa shape index (κ3) is 5.27. The molecule has 1 atom stereocenters. The first-order valence-electron chi connectivity index (χ1n) is 8.04. The van der Waals surface area contributed by atoms with Gasteiger partial charge in [-0.1, -0.05) is 6.07 Å². The number of nitrogens with one attached hydrogen (secondary N) is 1. The number of hydrogen-bond donors (Lipinski definition) is 1. The fraction of sp³-hybridized carbons (Fsp3) is 0.588. The van der Waals surface area contributed by atoms with Crippen LogP contribution in [-0.2, 0) is 9.53 Å². The molecule has 1 unspecified atom stereocenters. The molecule has 0 radical (unpaired) electrons. The zero-order valence-corrected chi connectivity index (χ0v) is 14.1. The highest BCUT2D eigenvalue weighted by Gasteiger charge is 2.20. The predicted octanol–water partition coefficient (Wildman–Crippen LogP) is 1.73. The van der Waals surface area contributed by atoms with Crippen LogP contribution in [0.1, 0.15) is 12.5 Å². The highest BCUT2D eigenvalue weighted by Crippen LogP contribution is 2.16. The lowest BCUT2D eigenvalue weighted by molar-refractivity contribution is -0.120. The van der Waals surface area contributed by atoms with Crippen molar-refractivity contribution in [2.45, 2.75) is 19.9 Å². The number of anilines is 1. The van der Waals surface area contributed by atoms with Gasteiger partial charge in [0, 0.05) is 31.9 Å². The number of amides is 1. The Morgan fingerprint density at radius 2 is 2.13 bits per heavy atom. The summed E-state index contributed by atoms with van der Waals surface area (Å²) in [5.41, 5.74) is 1.38. The lowest BCUT2D eigenvalue weighted by Crippen LogP contribution is -2.45. The molecule has 0 aliphatic carbocycles. The molecule has 0 spiro atoms. The molecule has 6 heteroatoms. The summed E-state index contributed by atoms with van der Waals surface area (Å²) in [5.74, 6) is -0.470. The Morgan fingerprint density at radius 3 is 2.83 bits per heavy atom. The number of nitrogens with zero attached hydrogens (tertiary/aromatic N) is 2. The number of aryl methyl sites for hydroxylation is 1. The van der Waals surface area contributed by atoms with Crippen molar-refractivity contribution >= 4 is 11.6 Å². The Balaban J connectivity index is 1.84. The topological polar surface area (TPSA) is 44.8 Å². The summed E-state index contributed by atoms with van der Waals surface area (Å²) in [6.07, 6.45) is 0. The molecule has 5 nitrogen and oxygen atoms in total. The van der Waals surface area contributed by atoms with Crippen LogP contribution in [0.4, 0.5) is 10.1 Å². The van der Waals surface area contributed by atoms with Gasteiger partial charge in [-0.25, -0.2) is 4.39 Å². The van der Waals surface area contributed by atoms with Crippen LogP contribution in [0.2, 0.25) is 0 Å². The first kappa shape index (κ1) is 17.8. The summed E-state index contributed by atoms with van der Waals surface area (Å²) >= 11 is 0. The number of ether oxygens (including phenoxy) is 1. The van der Waals surface area contributed by atoms with Crippen molar-refractivity contribution in [3.05, 3.63) is 29.6 Å². The molecular formula is C17H26FN3O2. The normalized spacial score (nSPS) is 17.3. The average molecular weight is 323 g/mol. The SMILES string of the molecule is Cc1ccc(F)cc1NC(=O)C(C)N(C)CCN1CCOCC1. The van der Waals surface area contributed by atoms with Gasteiger partial charge in [0.2, 0.25) is 5.91 Å². The summed E-state index contributed by atoms with van der Waals surface area (Å²) in [4.78, 5) is 16.7. The molecule has 0 aromatic heterocycles. The maximum atomic E-state index is 13.3. The summed E-state index contributed by atoms with van der Waals surface area (Å²) < 4.78 is 18.6. The van der Waals surface area contributed by atoms with E-state index in [0.29, 0.717) is 5.69 Å². The summed E-state index contributed by atoms with van der Waals surface area (Å²) in [6, 6.07) is 4.13. The fourth-order valence-corrected chi connectivity index (χ4v) is 2.48. The summed E-state index contributed by atoms with van der Waals surface area (Å²) in [6.45, 7) is 8.86. The van der Waals surface area contributed by atoms with E-state index in [2.05, 4.69) is 10.2 Å². The lowest BCUT2D eigenvalue weighted by atomic mass is 10.2. The Morgan fingerprint density at radius 1 is 1.43 bits per heavy atom. The van der Waals surface area contributed by atoms with E-state index in [0.717, 1.165) is 45.0 Å². The molecule has 0 bridgehead atoms. The van der Waals surface area contributed by atoms with Gasteiger partial charge in [0.05, 0.1) is 19.3 Å². The molecule has 1 saturated heterocycles. The summed E-state index contributed by atoms with van der Waals surface area (Å²) in [7, 11) is 1.93. The second kappa shape index (κ2) is 8.38. The van der Waals surface area contributed by atoms with E-state index in [9.17, 15) is 9.18 Å². The van der Waals surface area contributed by atoms with Gasteiger partial charge >= 0.3 is 0 Å². The molecule has 1 aromatic rings. The van der Waals surface area contributed by atoms with Gasteiger partial charge in [0.15, 0.2) is 0 Å². The number of halogens is 1. The summed E-state index contributed by atoms with van der Waals surface area (Å²) in [5, 5.41) is 2.82. The molecule has 1 amide bonds. The van der Waals surface area contributed by atoms with Crippen molar-refractivity contribution in [2.24, 2.45) is 0 Å². The highest BCUT2D eigenvalue weighted by atomic mass is 19.1. The van der Waals surface area contributed by atoms with E-state index in [1.54, 1.807) is 6.07 Å². The molecule has 23 heavy (non-hydrogen) atoms. The van der Waals surface area contributed by atoms with Crippen LogP contribution in [0.5, 0.6) is 0 Å². The van der Waals surface area contributed by atoms with Crippen molar-refractivity contribution in [1.29, 1.82) is 0 Å². The maximum absolute atomic E-state index is 13.3. The molecule has 1 aliphatic rings. The van der Waals surface area contributed by atoms with Crippen molar-refractivity contribution in [3.63, 3.8) is 0 Å². The smallest absolute Gasteiger partial charge is 0.241 e. The molecule has 1 aromatic carbocycles. The van der Waals surface area contributed by atoms with Gasteiger partial charge in [0.25, 0.3) is 0 Å². The molecular weight excluding hydrogens is 297 g/mol. The Bertz CT molecular complexity index is 533. The number of carbonyl (C=O) groups excluding carboxylic acids is 1. The molecule has 1 heterocycles. The van der Waals surface area contributed by atoms with E-state index in [1.165, 1.54) is 12.1 Å². The van der Waals surface area contributed by atoms with Gasteiger partial charge in [0.1, 0.15) is 5.82 Å². The van der Waals surface area contributed by atoms with Crippen LogP contribution in [0.15, 0.2) is 18.2 Å². The quantitative estimate of drug-likeness (QED) is 0.866. The minimum absolute atomic E-state index is 0.122. The number of morpholine rings is 1. The van der Waals surface area contributed by atoms with Gasteiger partial charge < -0.3 is 10.1 Å². The van der Waals surface area contributed by atoms with Crippen LogP contribution in [-0.4, -0.2) is 68.2 Å². The molecule has 128 valence electrons. The lowest BCUT2D eigenvalue weighted by Gasteiger charge is -2.30. The van der Waals surface area contributed by atoms with Crippen molar-refractivity contribution in [3.8, 4) is 0 Å². The van der Waals surface area contributed by atoms with Gasteiger partial charge in [-0.3, -0.25) is 14.6 Å². The molecule has 0 saturated carbocycles. The maximum Gasteiger partial charge on any atom is 0.241 e. The number of carbonyl (C=O) groups is 1. The Hall–Kier alpha value is -1.50. The second-order valence-corrected chi connectivity index (χ2v) is 6.06. The van der Waals surface area contributed by atoms with Crippen LogP contribution >= 0.6 is 0 Å². The van der Waals surface area contributed by atoms with Crippen molar-refractivity contribution in [1.82, 2.24) is 9.80 Å². The Labute approximate surface area is 137 Å². The zero-order chi connectivity index (χ0) is 16.8. The van der Waals surface area contributed by atoms with E-state index in [4.69, 9.17) is 4.74 Å². The largest absolute Gasteiger partial charge is 0.379 e. The highest BCUT2D eigenvalue weighted by molar-refractivity contribution is 5.95. The average Bonchev–Trinajstić information content (AvgIpc) is 2.56. The number of rotatable bonds is 6. The standard InChI is InChI=1S/C17H26FN3O2/c1-13-4-5-15(18)12-16(13)19-17(22)14(2)20(3)6-7-21-8-10-23-11-9-21/h4-5,12,14H,6-11H2,1-3H3,(H,19,22). The molecule has 1 aliphatic heterocycles. The first-order chi connectivity index (χ1) is 11.0. The third-order valence-electron chi connectivity index (χ3n) is 4.37. The van der Waals surface area contributed by atoms with Crippen molar-refractivity contribution < 1.29 is 13.9 Å². The van der Waals surface area contributed by atoms with E-state index < -0.39 is 0 Å². The first-order valence-corrected chi connectivity index (χ1v) is 8.04. The number of benzene rings is 1. The van der Waals surface area contributed by atoms with Gasteiger partial charge in [-0.15, -0.1) is 0 Å². The van der Waals surface area contributed by atoms with E-state index >= 15 is 0 Å². The minimum atomic E-state index is -0.348. The predicted molar refractivity (Wildman–Crippen MR) is 89.1 cm³/mol.